The first-order valence-corrected chi connectivity index (χ1v) is 13.2. The van der Waals surface area contributed by atoms with Crippen molar-refractivity contribution in [3.05, 3.63) is 95.6 Å². The number of rotatable bonds is 7. The topological polar surface area (TPSA) is 93.2 Å². The van der Waals surface area contributed by atoms with Crippen LogP contribution in [0.2, 0.25) is 0 Å². The SMILES string of the molecule is COc1cc(/C=C/C(=O)N2CCN(C(=O)c3ccccc3)CC2)ccc1OS(=O)(=O)c1ccc(C)cc1. The van der Waals surface area contributed by atoms with Crippen molar-refractivity contribution in [3.8, 4) is 11.5 Å². The van der Waals surface area contributed by atoms with E-state index in [1.807, 2.05) is 25.1 Å². The number of methoxy groups -OCH3 is 1. The molecule has 8 nitrogen and oxygen atoms in total. The fourth-order valence-corrected chi connectivity index (χ4v) is 4.83. The number of hydrogen-bond donors (Lipinski definition) is 0. The highest BCUT2D eigenvalue weighted by Gasteiger charge is 2.24. The van der Waals surface area contributed by atoms with Crippen LogP contribution in [0.5, 0.6) is 11.5 Å². The molecule has 0 N–H and O–H groups in total. The number of ether oxygens (including phenoxy) is 1. The van der Waals surface area contributed by atoms with E-state index in [0.29, 0.717) is 37.3 Å². The number of carbonyl (C=O) groups is 2. The van der Waals surface area contributed by atoms with Crippen molar-refractivity contribution < 1.29 is 26.9 Å². The van der Waals surface area contributed by atoms with Crippen LogP contribution in [0, 0.1) is 6.92 Å². The number of aryl methyl sites for hydroxylation is 1. The molecule has 192 valence electrons. The van der Waals surface area contributed by atoms with Gasteiger partial charge < -0.3 is 18.7 Å². The lowest BCUT2D eigenvalue weighted by Gasteiger charge is -2.34. The summed E-state index contributed by atoms with van der Waals surface area (Å²) in [6.07, 6.45) is 3.08. The molecule has 3 aromatic carbocycles. The maximum atomic E-state index is 12.7. The van der Waals surface area contributed by atoms with Gasteiger partial charge in [0.15, 0.2) is 11.5 Å². The minimum Gasteiger partial charge on any atom is -0.493 e. The lowest BCUT2D eigenvalue weighted by molar-refractivity contribution is -0.127. The molecule has 37 heavy (non-hydrogen) atoms. The Hall–Kier alpha value is -4.11. The Labute approximate surface area is 216 Å². The van der Waals surface area contributed by atoms with E-state index in [9.17, 15) is 18.0 Å². The minimum atomic E-state index is -4.03. The standard InChI is InChI=1S/C28H28N2O6S/c1-21-8-12-24(13-9-21)37(33,34)36-25-14-10-22(20-26(25)35-2)11-15-27(31)29-16-18-30(19-17-29)28(32)23-6-4-3-5-7-23/h3-15,20H,16-19H2,1-2H3/b15-11+. The van der Waals surface area contributed by atoms with E-state index in [-0.39, 0.29) is 28.2 Å². The van der Waals surface area contributed by atoms with Crippen LogP contribution >= 0.6 is 0 Å². The molecule has 1 aliphatic heterocycles. The second-order valence-corrected chi connectivity index (χ2v) is 10.1. The molecule has 2 amide bonds. The zero-order valence-corrected chi connectivity index (χ0v) is 21.5. The van der Waals surface area contributed by atoms with Crippen molar-refractivity contribution in [2.45, 2.75) is 11.8 Å². The lowest BCUT2D eigenvalue weighted by atomic mass is 10.1. The smallest absolute Gasteiger partial charge is 0.339 e. The molecule has 1 aliphatic rings. The molecule has 0 atom stereocenters. The summed E-state index contributed by atoms with van der Waals surface area (Å²) in [5.74, 6) is 0.0548. The Morgan fingerprint density at radius 2 is 1.49 bits per heavy atom. The number of carbonyl (C=O) groups excluding carboxylic acids is 2. The highest BCUT2D eigenvalue weighted by molar-refractivity contribution is 7.87. The summed E-state index contributed by atoms with van der Waals surface area (Å²) < 4.78 is 35.9. The summed E-state index contributed by atoms with van der Waals surface area (Å²) in [5, 5.41) is 0. The molecule has 0 aromatic heterocycles. The molecule has 0 spiro atoms. The first kappa shape index (κ1) is 26.0. The van der Waals surface area contributed by atoms with Gasteiger partial charge in [-0.25, -0.2) is 0 Å². The Morgan fingerprint density at radius 1 is 0.838 bits per heavy atom. The number of piperazine rings is 1. The van der Waals surface area contributed by atoms with Gasteiger partial charge in [0, 0.05) is 37.8 Å². The fraction of sp³-hybridized carbons (Fsp3) is 0.214. The van der Waals surface area contributed by atoms with Gasteiger partial charge in [0.2, 0.25) is 5.91 Å². The molecular weight excluding hydrogens is 492 g/mol. The average Bonchev–Trinajstić information content (AvgIpc) is 2.92. The normalized spacial score (nSPS) is 14.0. The molecule has 0 bridgehead atoms. The minimum absolute atomic E-state index is 0.0398. The zero-order valence-electron chi connectivity index (χ0n) is 20.7. The first-order valence-electron chi connectivity index (χ1n) is 11.8. The Bertz CT molecular complexity index is 1390. The van der Waals surface area contributed by atoms with Gasteiger partial charge in [-0.2, -0.15) is 8.42 Å². The summed E-state index contributed by atoms with van der Waals surface area (Å²) in [7, 11) is -2.62. The van der Waals surface area contributed by atoms with E-state index in [1.54, 1.807) is 52.3 Å². The second kappa shape index (κ2) is 11.3. The fourth-order valence-electron chi connectivity index (χ4n) is 3.89. The van der Waals surface area contributed by atoms with Crippen molar-refractivity contribution in [1.82, 2.24) is 9.80 Å². The van der Waals surface area contributed by atoms with E-state index in [0.717, 1.165) is 5.56 Å². The molecule has 1 heterocycles. The van der Waals surface area contributed by atoms with Crippen LogP contribution in [0.1, 0.15) is 21.5 Å². The largest absolute Gasteiger partial charge is 0.493 e. The highest BCUT2D eigenvalue weighted by Crippen LogP contribution is 2.31. The van der Waals surface area contributed by atoms with Crippen LogP contribution in [0.25, 0.3) is 6.08 Å². The Morgan fingerprint density at radius 3 is 2.14 bits per heavy atom. The molecule has 0 radical (unpaired) electrons. The maximum Gasteiger partial charge on any atom is 0.339 e. The van der Waals surface area contributed by atoms with E-state index in [2.05, 4.69) is 0 Å². The van der Waals surface area contributed by atoms with Gasteiger partial charge in [-0.1, -0.05) is 42.0 Å². The summed E-state index contributed by atoms with van der Waals surface area (Å²) in [5.41, 5.74) is 2.21. The highest BCUT2D eigenvalue weighted by atomic mass is 32.2. The predicted molar refractivity (Wildman–Crippen MR) is 140 cm³/mol. The third-order valence-corrected chi connectivity index (χ3v) is 7.26. The zero-order chi connectivity index (χ0) is 26.4. The lowest BCUT2D eigenvalue weighted by Crippen LogP contribution is -2.50. The number of benzene rings is 3. The summed E-state index contributed by atoms with van der Waals surface area (Å²) in [6, 6.07) is 20.2. The van der Waals surface area contributed by atoms with Crippen LogP contribution in [0.4, 0.5) is 0 Å². The van der Waals surface area contributed by atoms with Crippen LogP contribution in [-0.4, -0.2) is 63.3 Å². The number of amides is 2. The molecule has 9 heteroatoms. The van der Waals surface area contributed by atoms with Gasteiger partial charge in [0.25, 0.3) is 5.91 Å². The average molecular weight is 521 g/mol. The van der Waals surface area contributed by atoms with Gasteiger partial charge in [0.05, 0.1) is 7.11 Å². The Balaban J connectivity index is 1.37. The van der Waals surface area contributed by atoms with Crippen LogP contribution < -0.4 is 8.92 Å². The molecule has 1 saturated heterocycles. The molecule has 1 fully saturated rings. The van der Waals surface area contributed by atoms with Gasteiger partial charge >= 0.3 is 10.1 Å². The Kier molecular flexibility index (Phi) is 7.93. The van der Waals surface area contributed by atoms with Crippen molar-refractivity contribution in [1.29, 1.82) is 0 Å². The number of hydrogen-bond acceptors (Lipinski definition) is 6. The van der Waals surface area contributed by atoms with E-state index in [1.165, 1.54) is 31.4 Å². The van der Waals surface area contributed by atoms with Crippen LogP contribution in [0.3, 0.4) is 0 Å². The third-order valence-electron chi connectivity index (χ3n) is 6.01. The molecule has 3 aromatic rings. The molecular formula is C28H28N2O6S. The van der Waals surface area contributed by atoms with Crippen LogP contribution in [-0.2, 0) is 14.9 Å². The van der Waals surface area contributed by atoms with E-state index >= 15 is 0 Å². The van der Waals surface area contributed by atoms with Crippen molar-refractivity contribution in [3.63, 3.8) is 0 Å². The van der Waals surface area contributed by atoms with Gasteiger partial charge in [0.1, 0.15) is 4.90 Å². The van der Waals surface area contributed by atoms with Gasteiger partial charge in [-0.15, -0.1) is 0 Å². The van der Waals surface area contributed by atoms with Crippen LogP contribution in [0.15, 0.2) is 83.8 Å². The quantitative estimate of drug-likeness (QED) is 0.348. The summed E-state index contributed by atoms with van der Waals surface area (Å²) in [4.78, 5) is 28.8. The maximum absolute atomic E-state index is 12.7. The first-order chi connectivity index (χ1) is 17.8. The van der Waals surface area contributed by atoms with Gasteiger partial charge in [-0.3, -0.25) is 9.59 Å². The van der Waals surface area contributed by atoms with Gasteiger partial charge in [-0.05, 0) is 55.0 Å². The second-order valence-electron chi connectivity index (χ2n) is 8.58. The van der Waals surface area contributed by atoms with Crippen molar-refractivity contribution >= 4 is 28.0 Å². The van der Waals surface area contributed by atoms with Crippen molar-refractivity contribution in [2.75, 3.05) is 33.3 Å². The summed E-state index contributed by atoms with van der Waals surface area (Å²) >= 11 is 0. The molecule has 0 unspecified atom stereocenters. The van der Waals surface area contributed by atoms with E-state index in [4.69, 9.17) is 8.92 Å². The monoisotopic (exact) mass is 520 g/mol. The molecule has 0 saturated carbocycles. The molecule has 0 aliphatic carbocycles. The van der Waals surface area contributed by atoms with Crippen molar-refractivity contribution in [2.24, 2.45) is 0 Å². The summed E-state index contributed by atoms with van der Waals surface area (Å²) in [6.45, 7) is 3.67. The molecule has 4 rings (SSSR count). The third kappa shape index (κ3) is 6.37. The number of nitrogens with zero attached hydrogens (tertiary/aromatic N) is 2. The predicted octanol–water partition coefficient (Wildman–Crippen LogP) is 3.77. The van der Waals surface area contributed by atoms with E-state index < -0.39 is 10.1 Å².